The first-order valence-corrected chi connectivity index (χ1v) is 13.2. The molecule has 0 spiro atoms. The second kappa shape index (κ2) is 12.5. The highest BCUT2D eigenvalue weighted by atomic mass is 16.6. The number of hydrogen-bond donors (Lipinski definition) is 1. The van der Waals surface area contributed by atoms with Crippen LogP contribution in [0.1, 0.15) is 76.4 Å². The van der Waals surface area contributed by atoms with E-state index < -0.39 is 17.2 Å². The number of fused-ring (bicyclic) bond motifs is 1. The van der Waals surface area contributed by atoms with Gasteiger partial charge in [0.25, 0.3) is 5.56 Å². The fourth-order valence-corrected chi connectivity index (χ4v) is 5.88. The molecular formula is C27H38N4O5. The van der Waals surface area contributed by atoms with Crippen LogP contribution in [0.5, 0.6) is 0 Å². The van der Waals surface area contributed by atoms with Crippen LogP contribution in [0.25, 0.3) is 11.0 Å². The summed E-state index contributed by atoms with van der Waals surface area (Å²) in [7, 11) is 1.51. The Morgan fingerprint density at radius 3 is 2.64 bits per heavy atom. The minimum atomic E-state index is -1.35. The van der Waals surface area contributed by atoms with Gasteiger partial charge in [0.2, 0.25) is 5.71 Å². The first-order valence-electron chi connectivity index (χ1n) is 13.2. The summed E-state index contributed by atoms with van der Waals surface area (Å²) < 4.78 is 6.69. The van der Waals surface area contributed by atoms with Crippen molar-refractivity contribution in [2.24, 2.45) is 5.16 Å². The van der Waals surface area contributed by atoms with E-state index in [4.69, 9.17) is 9.57 Å². The monoisotopic (exact) mass is 498 g/mol. The molecule has 1 aliphatic heterocycles. The second-order valence-electron chi connectivity index (χ2n) is 9.85. The van der Waals surface area contributed by atoms with Gasteiger partial charge in [-0.25, -0.2) is 9.78 Å². The molecule has 2 aliphatic rings. The average Bonchev–Trinajstić information content (AvgIpc) is 2.89. The van der Waals surface area contributed by atoms with Crippen molar-refractivity contribution in [1.29, 1.82) is 0 Å². The molecule has 0 bridgehead atoms. The molecule has 36 heavy (non-hydrogen) atoms. The highest BCUT2D eigenvalue weighted by Gasteiger charge is 2.35. The Labute approximate surface area is 212 Å². The Balaban J connectivity index is 1.72. The zero-order valence-corrected chi connectivity index (χ0v) is 21.4. The lowest BCUT2D eigenvalue weighted by Gasteiger charge is -2.45. The van der Waals surface area contributed by atoms with Crippen LogP contribution in [0.4, 0.5) is 0 Å². The van der Waals surface area contributed by atoms with Crippen molar-refractivity contribution >= 4 is 22.7 Å². The van der Waals surface area contributed by atoms with E-state index in [9.17, 15) is 14.7 Å². The SMILES string of the molecule is CCC[C@@H]1C[C@H](n2c(=O)c(/C(=N/OCCOC)C(=O)O)nc3ccccc32)CCN1C1CCCCC1. The van der Waals surface area contributed by atoms with Gasteiger partial charge in [-0.1, -0.05) is 49.9 Å². The number of piperidine rings is 1. The van der Waals surface area contributed by atoms with Crippen molar-refractivity contribution in [3.05, 3.63) is 40.3 Å². The Morgan fingerprint density at radius 2 is 1.92 bits per heavy atom. The van der Waals surface area contributed by atoms with Crippen LogP contribution < -0.4 is 5.56 Å². The van der Waals surface area contributed by atoms with Crippen LogP contribution in [-0.4, -0.2) is 70.2 Å². The number of aromatic nitrogens is 2. The van der Waals surface area contributed by atoms with Crippen molar-refractivity contribution in [2.75, 3.05) is 26.9 Å². The molecule has 0 unspecified atom stereocenters. The molecule has 9 heteroatoms. The summed E-state index contributed by atoms with van der Waals surface area (Å²) in [6.45, 7) is 3.49. The first-order chi connectivity index (χ1) is 17.5. The van der Waals surface area contributed by atoms with Gasteiger partial charge < -0.3 is 19.2 Å². The predicted molar refractivity (Wildman–Crippen MR) is 139 cm³/mol. The summed E-state index contributed by atoms with van der Waals surface area (Å²) >= 11 is 0. The van der Waals surface area contributed by atoms with Crippen LogP contribution >= 0.6 is 0 Å². The molecule has 1 saturated heterocycles. The molecule has 0 amide bonds. The summed E-state index contributed by atoms with van der Waals surface area (Å²) in [4.78, 5) is 38.1. The maximum absolute atomic E-state index is 13.8. The minimum absolute atomic E-state index is 0.0370. The van der Waals surface area contributed by atoms with Crippen molar-refractivity contribution < 1.29 is 19.5 Å². The van der Waals surface area contributed by atoms with Crippen LogP contribution in [0.15, 0.2) is 34.2 Å². The van der Waals surface area contributed by atoms with Crippen LogP contribution in [0.3, 0.4) is 0 Å². The summed E-state index contributed by atoms with van der Waals surface area (Å²) in [6, 6.07) is 8.43. The molecule has 2 aromatic rings. The second-order valence-corrected chi connectivity index (χ2v) is 9.85. The number of rotatable bonds is 10. The van der Waals surface area contributed by atoms with E-state index in [1.54, 1.807) is 10.6 Å². The number of carbonyl (C=O) groups is 1. The van der Waals surface area contributed by atoms with Crippen LogP contribution in [0.2, 0.25) is 0 Å². The number of hydrogen-bond acceptors (Lipinski definition) is 7. The third-order valence-electron chi connectivity index (χ3n) is 7.52. The third kappa shape index (κ3) is 5.78. The lowest BCUT2D eigenvalue weighted by atomic mass is 9.87. The molecule has 2 fully saturated rings. The van der Waals surface area contributed by atoms with Gasteiger partial charge in [-0.05, 0) is 44.2 Å². The summed E-state index contributed by atoms with van der Waals surface area (Å²) in [6.07, 6.45) is 10.3. The van der Waals surface area contributed by atoms with E-state index in [2.05, 4.69) is 22.0 Å². The number of methoxy groups -OCH3 is 1. The molecule has 1 aliphatic carbocycles. The smallest absolute Gasteiger partial charge is 0.360 e. The van der Waals surface area contributed by atoms with Crippen molar-refractivity contribution in [3.63, 3.8) is 0 Å². The van der Waals surface area contributed by atoms with E-state index in [0.29, 0.717) is 17.6 Å². The third-order valence-corrected chi connectivity index (χ3v) is 7.52. The predicted octanol–water partition coefficient (Wildman–Crippen LogP) is 3.99. The number of nitrogens with zero attached hydrogens (tertiary/aromatic N) is 4. The lowest BCUT2D eigenvalue weighted by molar-refractivity contribution is -0.129. The van der Waals surface area contributed by atoms with Crippen LogP contribution in [0, 0.1) is 0 Å². The Kier molecular flexibility index (Phi) is 9.09. The van der Waals surface area contributed by atoms with E-state index in [1.807, 2.05) is 18.2 Å². The quantitative estimate of drug-likeness (QED) is 0.300. The molecule has 2 heterocycles. The number of oxime groups is 1. The van der Waals surface area contributed by atoms with E-state index in [1.165, 1.54) is 39.2 Å². The Morgan fingerprint density at radius 1 is 1.14 bits per heavy atom. The highest BCUT2D eigenvalue weighted by Crippen LogP contribution is 2.35. The van der Waals surface area contributed by atoms with Crippen LogP contribution in [-0.2, 0) is 14.4 Å². The fraction of sp³-hybridized carbons (Fsp3) is 0.630. The van der Waals surface area contributed by atoms with E-state index >= 15 is 0 Å². The van der Waals surface area contributed by atoms with E-state index in [-0.39, 0.29) is 24.9 Å². The van der Waals surface area contributed by atoms with Gasteiger partial charge in [-0.15, -0.1) is 0 Å². The minimum Gasteiger partial charge on any atom is -0.476 e. The number of likely N-dealkylation sites (tertiary alicyclic amines) is 1. The van der Waals surface area contributed by atoms with Gasteiger partial charge in [0, 0.05) is 31.8 Å². The van der Waals surface area contributed by atoms with Gasteiger partial charge >= 0.3 is 5.97 Å². The molecule has 1 aromatic heterocycles. The molecule has 1 aromatic carbocycles. The number of carboxylic acid groups (broad SMARTS) is 1. The van der Waals surface area contributed by atoms with E-state index in [0.717, 1.165) is 37.7 Å². The standard InChI is InChI=1S/C27H38N4O5/c1-3-9-20-18-21(14-15-30(20)19-10-5-4-6-11-19)31-23-13-8-7-12-22(23)28-24(26(31)32)25(27(33)34)29-36-17-16-35-2/h7-8,12-13,19-21H,3-6,9-11,14-18H2,1-2H3,(H,33,34)/b29-25-/t20-,21-/m1/s1. The number of benzene rings is 1. The van der Waals surface area contributed by atoms with Gasteiger partial charge in [-0.2, -0.15) is 0 Å². The molecule has 9 nitrogen and oxygen atoms in total. The zero-order valence-electron chi connectivity index (χ0n) is 21.4. The molecular weight excluding hydrogens is 460 g/mol. The van der Waals surface area contributed by atoms with Crippen molar-refractivity contribution in [3.8, 4) is 0 Å². The van der Waals surface area contributed by atoms with Crippen molar-refractivity contribution in [1.82, 2.24) is 14.5 Å². The maximum Gasteiger partial charge on any atom is 0.360 e. The first kappa shape index (κ1) is 26.3. The molecule has 4 rings (SSSR count). The molecule has 0 radical (unpaired) electrons. The normalized spacial score (nSPS) is 22.1. The highest BCUT2D eigenvalue weighted by molar-refractivity contribution is 6.41. The summed E-state index contributed by atoms with van der Waals surface area (Å²) in [5, 5.41) is 13.6. The zero-order chi connectivity index (χ0) is 25.5. The maximum atomic E-state index is 13.8. The van der Waals surface area contributed by atoms with Gasteiger partial charge in [-0.3, -0.25) is 9.69 Å². The van der Waals surface area contributed by atoms with Gasteiger partial charge in [0.1, 0.15) is 6.61 Å². The average molecular weight is 499 g/mol. The molecule has 196 valence electrons. The number of carboxylic acids is 1. The Hall–Kier alpha value is -2.78. The molecule has 1 N–H and O–H groups in total. The molecule has 1 saturated carbocycles. The number of para-hydroxylation sites is 2. The topological polar surface area (TPSA) is 106 Å². The lowest BCUT2D eigenvalue weighted by Crippen LogP contribution is -2.50. The summed E-state index contributed by atoms with van der Waals surface area (Å²) in [5.41, 5.74) is 0.180. The largest absolute Gasteiger partial charge is 0.476 e. The van der Waals surface area contributed by atoms with Crippen molar-refractivity contribution in [2.45, 2.75) is 82.8 Å². The number of aliphatic carboxylic acids is 1. The number of ether oxygens (including phenoxy) is 1. The Bertz CT molecular complexity index is 1120. The molecule has 2 atom stereocenters. The fourth-order valence-electron chi connectivity index (χ4n) is 5.88. The van der Waals surface area contributed by atoms with Gasteiger partial charge in [0.15, 0.2) is 5.69 Å². The van der Waals surface area contributed by atoms with Gasteiger partial charge in [0.05, 0.1) is 17.6 Å². The summed E-state index contributed by atoms with van der Waals surface area (Å²) in [5.74, 6) is -1.35.